The van der Waals surface area contributed by atoms with Crippen LogP contribution in [0.15, 0.2) is 30.3 Å². The Kier molecular flexibility index (Phi) is 5.53. The lowest BCUT2D eigenvalue weighted by atomic mass is 10.1. The molecule has 4 heteroatoms. The maximum absolute atomic E-state index is 11.0. The lowest BCUT2D eigenvalue weighted by Crippen LogP contribution is -2.39. The third kappa shape index (κ3) is 4.42. The molecule has 0 heterocycles. The molecule has 1 aromatic carbocycles. The molecular formula is C12H17NO3. The van der Waals surface area contributed by atoms with Crippen LogP contribution in [-0.2, 0) is 16.0 Å². The zero-order chi connectivity index (χ0) is 11.8. The van der Waals surface area contributed by atoms with Crippen molar-refractivity contribution >= 4 is 5.97 Å². The van der Waals surface area contributed by atoms with Gasteiger partial charge in [0.1, 0.15) is 6.04 Å². The largest absolute Gasteiger partial charge is 0.480 e. The third-order valence-corrected chi connectivity index (χ3v) is 2.22. The minimum atomic E-state index is -0.858. The van der Waals surface area contributed by atoms with Crippen LogP contribution < -0.4 is 5.32 Å². The fourth-order valence-electron chi connectivity index (χ4n) is 1.36. The van der Waals surface area contributed by atoms with E-state index in [-0.39, 0.29) is 6.73 Å². The fraction of sp³-hybridized carbons (Fsp3) is 0.417. The summed E-state index contributed by atoms with van der Waals surface area (Å²) in [4.78, 5) is 11.0. The SMILES string of the molecule is CCOCN[C@@H](Cc1ccccc1)C(=O)O. The molecule has 0 aliphatic heterocycles. The summed E-state index contributed by atoms with van der Waals surface area (Å²) in [6, 6.07) is 8.94. The Morgan fingerprint density at radius 3 is 2.69 bits per heavy atom. The molecule has 1 rings (SSSR count). The summed E-state index contributed by atoms with van der Waals surface area (Å²) in [6.07, 6.45) is 0.462. The predicted molar refractivity (Wildman–Crippen MR) is 61.2 cm³/mol. The van der Waals surface area contributed by atoms with Gasteiger partial charge in [0.05, 0.1) is 6.73 Å². The Balaban J connectivity index is 2.48. The van der Waals surface area contributed by atoms with Crippen molar-refractivity contribution < 1.29 is 14.6 Å². The van der Waals surface area contributed by atoms with Gasteiger partial charge in [0.25, 0.3) is 0 Å². The van der Waals surface area contributed by atoms with Crippen molar-refractivity contribution in [3.63, 3.8) is 0 Å². The number of hydrogen-bond donors (Lipinski definition) is 2. The molecule has 88 valence electrons. The van der Waals surface area contributed by atoms with E-state index in [1.165, 1.54) is 0 Å². The van der Waals surface area contributed by atoms with E-state index in [0.29, 0.717) is 13.0 Å². The summed E-state index contributed by atoms with van der Waals surface area (Å²) in [5.41, 5.74) is 0.999. The highest BCUT2D eigenvalue weighted by atomic mass is 16.5. The van der Waals surface area contributed by atoms with Crippen LogP contribution in [-0.4, -0.2) is 30.5 Å². The molecule has 0 aliphatic rings. The summed E-state index contributed by atoms with van der Waals surface area (Å²) >= 11 is 0. The molecule has 0 saturated heterocycles. The first-order valence-electron chi connectivity index (χ1n) is 5.32. The number of ether oxygens (including phenoxy) is 1. The highest BCUT2D eigenvalue weighted by Crippen LogP contribution is 2.03. The number of hydrogen-bond acceptors (Lipinski definition) is 3. The van der Waals surface area contributed by atoms with Crippen LogP contribution in [0, 0.1) is 0 Å². The maximum atomic E-state index is 11.0. The van der Waals surface area contributed by atoms with Gasteiger partial charge in [-0.25, -0.2) is 0 Å². The van der Waals surface area contributed by atoms with Gasteiger partial charge in [-0.3, -0.25) is 10.1 Å². The quantitative estimate of drug-likeness (QED) is 0.540. The Morgan fingerprint density at radius 2 is 2.12 bits per heavy atom. The number of nitrogens with one attached hydrogen (secondary N) is 1. The standard InChI is InChI=1S/C12H17NO3/c1-2-16-9-13-11(12(14)15)8-10-6-4-3-5-7-10/h3-7,11,13H,2,8-9H2,1H3,(H,14,15)/t11-/m0/s1. The van der Waals surface area contributed by atoms with Gasteiger partial charge < -0.3 is 9.84 Å². The van der Waals surface area contributed by atoms with Gasteiger partial charge >= 0.3 is 5.97 Å². The van der Waals surface area contributed by atoms with Crippen LogP contribution in [0.5, 0.6) is 0 Å². The molecule has 0 fully saturated rings. The smallest absolute Gasteiger partial charge is 0.321 e. The number of carboxylic acid groups (broad SMARTS) is 1. The molecule has 1 atom stereocenters. The van der Waals surface area contributed by atoms with Gasteiger partial charge in [0.15, 0.2) is 0 Å². The lowest BCUT2D eigenvalue weighted by Gasteiger charge is -2.14. The molecule has 0 spiro atoms. The Hall–Kier alpha value is -1.39. The topological polar surface area (TPSA) is 58.6 Å². The molecule has 0 saturated carbocycles. The highest BCUT2D eigenvalue weighted by Gasteiger charge is 2.16. The van der Waals surface area contributed by atoms with E-state index in [1.54, 1.807) is 0 Å². The molecule has 0 aliphatic carbocycles. The van der Waals surface area contributed by atoms with Crippen molar-refractivity contribution in [1.29, 1.82) is 0 Å². The summed E-state index contributed by atoms with van der Waals surface area (Å²) in [7, 11) is 0. The second kappa shape index (κ2) is 6.98. The van der Waals surface area contributed by atoms with Crippen LogP contribution in [0.2, 0.25) is 0 Å². The first-order chi connectivity index (χ1) is 7.74. The number of aliphatic carboxylic acids is 1. The molecule has 0 radical (unpaired) electrons. The van der Waals surface area contributed by atoms with Crippen LogP contribution in [0.1, 0.15) is 12.5 Å². The Morgan fingerprint density at radius 1 is 1.44 bits per heavy atom. The van der Waals surface area contributed by atoms with E-state index < -0.39 is 12.0 Å². The zero-order valence-electron chi connectivity index (χ0n) is 9.35. The van der Waals surface area contributed by atoms with E-state index in [0.717, 1.165) is 5.56 Å². The second-order valence-corrected chi connectivity index (χ2v) is 3.42. The van der Waals surface area contributed by atoms with Crippen molar-refractivity contribution in [3.8, 4) is 0 Å². The molecule has 0 bridgehead atoms. The maximum Gasteiger partial charge on any atom is 0.321 e. The molecule has 0 amide bonds. The molecule has 0 aromatic heterocycles. The van der Waals surface area contributed by atoms with E-state index in [4.69, 9.17) is 9.84 Å². The van der Waals surface area contributed by atoms with Crippen molar-refractivity contribution in [2.24, 2.45) is 0 Å². The van der Waals surface area contributed by atoms with Gasteiger partial charge in [-0.2, -0.15) is 0 Å². The molecular weight excluding hydrogens is 206 g/mol. The molecule has 0 unspecified atom stereocenters. The Bertz CT molecular complexity index is 313. The summed E-state index contributed by atoms with van der Waals surface area (Å²) in [6.45, 7) is 2.71. The van der Waals surface area contributed by atoms with Crippen LogP contribution in [0.25, 0.3) is 0 Å². The molecule has 1 aromatic rings. The van der Waals surface area contributed by atoms with Crippen molar-refractivity contribution in [2.75, 3.05) is 13.3 Å². The van der Waals surface area contributed by atoms with Crippen molar-refractivity contribution in [1.82, 2.24) is 5.32 Å². The molecule has 4 nitrogen and oxygen atoms in total. The van der Waals surface area contributed by atoms with Gasteiger partial charge in [-0.15, -0.1) is 0 Å². The van der Waals surface area contributed by atoms with E-state index in [1.807, 2.05) is 37.3 Å². The first kappa shape index (κ1) is 12.7. The normalized spacial score (nSPS) is 12.3. The van der Waals surface area contributed by atoms with E-state index in [2.05, 4.69) is 5.32 Å². The van der Waals surface area contributed by atoms with E-state index in [9.17, 15) is 4.79 Å². The molecule has 2 N–H and O–H groups in total. The number of carbonyl (C=O) groups is 1. The third-order valence-electron chi connectivity index (χ3n) is 2.22. The average Bonchev–Trinajstić information content (AvgIpc) is 2.29. The zero-order valence-corrected chi connectivity index (χ0v) is 9.35. The second-order valence-electron chi connectivity index (χ2n) is 3.42. The summed E-state index contributed by atoms with van der Waals surface area (Å²) < 4.78 is 5.08. The minimum absolute atomic E-state index is 0.264. The van der Waals surface area contributed by atoms with Crippen LogP contribution in [0.3, 0.4) is 0 Å². The van der Waals surface area contributed by atoms with Crippen LogP contribution >= 0.6 is 0 Å². The highest BCUT2D eigenvalue weighted by molar-refractivity contribution is 5.73. The van der Waals surface area contributed by atoms with Crippen molar-refractivity contribution in [3.05, 3.63) is 35.9 Å². The minimum Gasteiger partial charge on any atom is -0.480 e. The monoisotopic (exact) mass is 223 g/mol. The predicted octanol–water partition coefficient (Wildman–Crippen LogP) is 1.27. The fourth-order valence-corrected chi connectivity index (χ4v) is 1.36. The number of carboxylic acids is 1. The molecule has 16 heavy (non-hydrogen) atoms. The number of benzene rings is 1. The van der Waals surface area contributed by atoms with Crippen LogP contribution in [0.4, 0.5) is 0 Å². The Labute approximate surface area is 95.2 Å². The average molecular weight is 223 g/mol. The van der Waals surface area contributed by atoms with Gasteiger partial charge in [0.2, 0.25) is 0 Å². The first-order valence-corrected chi connectivity index (χ1v) is 5.32. The van der Waals surface area contributed by atoms with Gasteiger partial charge in [0, 0.05) is 6.61 Å². The van der Waals surface area contributed by atoms with Gasteiger partial charge in [-0.05, 0) is 18.9 Å². The van der Waals surface area contributed by atoms with Gasteiger partial charge in [-0.1, -0.05) is 30.3 Å². The summed E-state index contributed by atoms with van der Waals surface area (Å²) in [5.74, 6) is -0.858. The van der Waals surface area contributed by atoms with E-state index >= 15 is 0 Å². The number of rotatable bonds is 7. The lowest BCUT2D eigenvalue weighted by molar-refractivity contribution is -0.140. The van der Waals surface area contributed by atoms with Crippen molar-refractivity contribution in [2.45, 2.75) is 19.4 Å². The summed E-state index contributed by atoms with van der Waals surface area (Å²) in [5, 5.41) is 11.9.